The molecule has 0 radical (unpaired) electrons. The van der Waals surface area contributed by atoms with Gasteiger partial charge in [0.25, 0.3) is 11.8 Å². The lowest BCUT2D eigenvalue weighted by Crippen LogP contribution is -2.43. The van der Waals surface area contributed by atoms with Gasteiger partial charge in [-0.2, -0.15) is 5.11 Å². The third-order valence-electron chi connectivity index (χ3n) is 5.19. The van der Waals surface area contributed by atoms with E-state index in [2.05, 4.69) is 29.5 Å². The molecule has 0 aliphatic carbocycles. The fourth-order valence-corrected chi connectivity index (χ4v) is 4.00. The minimum absolute atomic E-state index is 0.261. The average molecular weight is 460 g/mol. The number of carbonyl (C=O) groups excluding carboxylic acids is 3. The Hall–Kier alpha value is -2.97. The van der Waals surface area contributed by atoms with Gasteiger partial charge in [-0.25, -0.2) is 4.90 Å². The van der Waals surface area contributed by atoms with Crippen molar-refractivity contribution in [1.82, 2.24) is 5.01 Å². The van der Waals surface area contributed by atoms with Gasteiger partial charge in [-0.3, -0.25) is 19.4 Å². The average Bonchev–Trinajstić information content (AvgIpc) is 3.24. The molecule has 0 spiro atoms. The summed E-state index contributed by atoms with van der Waals surface area (Å²) in [5, 5.41) is 12.4. The quantitative estimate of drug-likeness (QED) is 0.682. The zero-order valence-electron chi connectivity index (χ0n) is 16.8. The van der Waals surface area contributed by atoms with Crippen LogP contribution in [0.4, 0.5) is 11.4 Å². The van der Waals surface area contributed by atoms with Gasteiger partial charge in [-0.15, -0.1) is 0 Å². The fraction of sp³-hybridized carbons (Fsp3) is 0.286. The second-order valence-corrected chi connectivity index (χ2v) is 8.47. The highest BCUT2D eigenvalue weighted by Gasteiger charge is 2.55. The largest absolute Gasteiger partial charge is 0.323 e. The number of nitrogens with one attached hydrogen (secondary N) is 1. The highest BCUT2D eigenvalue weighted by molar-refractivity contribution is 6.36. The number of carbonyl (C=O) groups is 3. The van der Waals surface area contributed by atoms with Crippen LogP contribution >= 0.6 is 23.2 Å². The molecule has 2 atom stereocenters. The van der Waals surface area contributed by atoms with Crippen molar-refractivity contribution in [1.29, 1.82) is 0 Å². The summed E-state index contributed by atoms with van der Waals surface area (Å²) in [6, 6.07) is 10.00. The van der Waals surface area contributed by atoms with Crippen molar-refractivity contribution >= 4 is 52.3 Å². The number of fused-ring (bicyclic) bond motifs is 1. The van der Waals surface area contributed by atoms with Crippen LogP contribution in [0.15, 0.2) is 52.8 Å². The molecule has 31 heavy (non-hydrogen) atoms. The Morgan fingerprint density at radius 3 is 2.45 bits per heavy atom. The monoisotopic (exact) mass is 459 g/mol. The van der Waals surface area contributed by atoms with Crippen molar-refractivity contribution in [3.63, 3.8) is 0 Å². The van der Waals surface area contributed by atoms with E-state index in [0.29, 0.717) is 22.3 Å². The first-order chi connectivity index (χ1) is 14.8. The Balaban J connectivity index is 1.48. The van der Waals surface area contributed by atoms with Crippen LogP contribution in [0.3, 0.4) is 0 Å². The molecule has 3 amide bonds. The van der Waals surface area contributed by atoms with E-state index >= 15 is 0 Å². The number of benzene rings is 2. The molecule has 2 heterocycles. The predicted molar refractivity (Wildman–Crippen MR) is 117 cm³/mol. The van der Waals surface area contributed by atoms with Gasteiger partial charge < -0.3 is 5.32 Å². The maximum atomic E-state index is 13.0. The molecular formula is C21H19Cl2N5O3. The van der Waals surface area contributed by atoms with Crippen molar-refractivity contribution in [2.45, 2.75) is 31.8 Å². The molecular weight excluding hydrogens is 441 g/mol. The number of nitrogens with zero attached hydrogens (tertiary/aromatic N) is 4. The highest BCUT2D eigenvalue weighted by atomic mass is 35.5. The number of amides is 3. The van der Waals surface area contributed by atoms with Crippen LogP contribution in [0.5, 0.6) is 0 Å². The summed E-state index contributed by atoms with van der Waals surface area (Å²) in [6.45, 7) is 3.86. The third kappa shape index (κ3) is 4.00. The summed E-state index contributed by atoms with van der Waals surface area (Å²) in [7, 11) is 0. The normalized spacial score (nSPS) is 20.0. The van der Waals surface area contributed by atoms with Crippen LogP contribution in [0, 0.1) is 0 Å². The molecule has 160 valence electrons. The van der Waals surface area contributed by atoms with E-state index in [1.54, 1.807) is 24.3 Å². The number of anilines is 2. The van der Waals surface area contributed by atoms with E-state index in [1.807, 2.05) is 12.1 Å². The molecule has 4 rings (SSSR count). The Labute approximate surface area is 188 Å². The topological polar surface area (TPSA) is 94.4 Å². The SMILES string of the molecule is CC(C)c1ccc(N2C(=O)C3N=NN(CC(=O)Nc4ccc(Cl)cc4Cl)C3C2=O)cc1. The summed E-state index contributed by atoms with van der Waals surface area (Å²) in [6.07, 6.45) is 0. The molecule has 0 bridgehead atoms. The summed E-state index contributed by atoms with van der Waals surface area (Å²) in [5.41, 5.74) is 1.95. The minimum atomic E-state index is -0.968. The second-order valence-electron chi connectivity index (χ2n) is 7.62. The second kappa shape index (κ2) is 8.28. The van der Waals surface area contributed by atoms with Crippen molar-refractivity contribution in [2.75, 3.05) is 16.8 Å². The first-order valence-electron chi connectivity index (χ1n) is 9.66. The Bertz CT molecular complexity index is 1090. The maximum absolute atomic E-state index is 13.0. The lowest BCUT2D eigenvalue weighted by molar-refractivity contribution is -0.123. The molecule has 2 aliphatic heterocycles. The van der Waals surface area contributed by atoms with Gasteiger partial charge in [0.2, 0.25) is 5.91 Å². The zero-order valence-corrected chi connectivity index (χ0v) is 18.3. The van der Waals surface area contributed by atoms with E-state index in [9.17, 15) is 14.4 Å². The first kappa shape index (κ1) is 21.3. The lowest BCUT2D eigenvalue weighted by Gasteiger charge is -2.20. The number of rotatable bonds is 5. The third-order valence-corrected chi connectivity index (χ3v) is 5.73. The Kier molecular flexibility index (Phi) is 5.68. The van der Waals surface area contributed by atoms with Gasteiger partial charge in [0, 0.05) is 5.02 Å². The van der Waals surface area contributed by atoms with Gasteiger partial charge in [0.05, 0.1) is 16.4 Å². The lowest BCUT2D eigenvalue weighted by atomic mass is 10.0. The highest BCUT2D eigenvalue weighted by Crippen LogP contribution is 2.32. The van der Waals surface area contributed by atoms with Crippen LogP contribution in [0.2, 0.25) is 10.0 Å². The molecule has 2 aliphatic rings. The van der Waals surface area contributed by atoms with Crippen LogP contribution in [0.1, 0.15) is 25.3 Å². The number of imide groups is 1. The van der Waals surface area contributed by atoms with Crippen LogP contribution < -0.4 is 10.2 Å². The maximum Gasteiger partial charge on any atom is 0.263 e. The van der Waals surface area contributed by atoms with Gasteiger partial charge in [0.15, 0.2) is 12.1 Å². The molecule has 1 saturated heterocycles. The summed E-state index contributed by atoms with van der Waals surface area (Å²) >= 11 is 11.9. The number of halogens is 2. The minimum Gasteiger partial charge on any atom is -0.323 e. The molecule has 2 aromatic carbocycles. The molecule has 10 heteroatoms. The molecule has 1 N–H and O–H groups in total. The fourth-order valence-electron chi connectivity index (χ4n) is 3.54. The van der Waals surface area contributed by atoms with Crippen molar-refractivity contribution in [3.05, 3.63) is 58.1 Å². The summed E-state index contributed by atoms with van der Waals surface area (Å²) in [4.78, 5) is 39.4. The molecule has 8 nitrogen and oxygen atoms in total. The number of hydrogen-bond acceptors (Lipinski definition) is 6. The van der Waals surface area contributed by atoms with Crippen LogP contribution in [-0.4, -0.2) is 41.4 Å². The van der Waals surface area contributed by atoms with Gasteiger partial charge in [-0.1, -0.05) is 54.4 Å². The van der Waals surface area contributed by atoms with Crippen LogP contribution in [-0.2, 0) is 14.4 Å². The summed E-state index contributed by atoms with van der Waals surface area (Å²) in [5.74, 6) is -1.05. The van der Waals surface area contributed by atoms with Crippen molar-refractivity contribution < 1.29 is 14.4 Å². The smallest absolute Gasteiger partial charge is 0.263 e. The molecule has 0 saturated carbocycles. The van der Waals surface area contributed by atoms with E-state index in [-0.39, 0.29) is 11.6 Å². The summed E-state index contributed by atoms with van der Waals surface area (Å²) < 4.78 is 0. The van der Waals surface area contributed by atoms with E-state index in [1.165, 1.54) is 11.1 Å². The van der Waals surface area contributed by atoms with Gasteiger partial charge in [-0.05, 0) is 41.8 Å². The first-order valence-corrected chi connectivity index (χ1v) is 10.4. The Morgan fingerprint density at radius 1 is 1.10 bits per heavy atom. The molecule has 0 aromatic heterocycles. The standard InChI is InChI=1S/C21H19Cl2N5O3/c1-11(2)12-3-6-14(7-4-12)28-20(30)18-19(21(28)31)27(26-25-18)10-17(29)24-16-8-5-13(22)9-15(16)23/h3-9,11,18-19H,10H2,1-2H3,(H,24,29). The van der Waals surface area contributed by atoms with E-state index in [4.69, 9.17) is 23.2 Å². The van der Waals surface area contributed by atoms with Gasteiger partial charge >= 0.3 is 0 Å². The van der Waals surface area contributed by atoms with Crippen molar-refractivity contribution in [2.24, 2.45) is 10.3 Å². The zero-order chi connectivity index (χ0) is 22.3. The molecule has 2 unspecified atom stereocenters. The molecule has 1 fully saturated rings. The van der Waals surface area contributed by atoms with E-state index in [0.717, 1.165) is 10.5 Å². The van der Waals surface area contributed by atoms with Crippen LogP contribution in [0.25, 0.3) is 0 Å². The molecule has 2 aromatic rings. The van der Waals surface area contributed by atoms with E-state index < -0.39 is 29.8 Å². The predicted octanol–water partition coefficient (Wildman–Crippen LogP) is 4.05. The van der Waals surface area contributed by atoms with Crippen molar-refractivity contribution in [3.8, 4) is 0 Å². The number of hydrogen-bond donors (Lipinski definition) is 1. The Morgan fingerprint density at radius 2 is 1.81 bits per heavy atom. The van der Waals surface area contributed by atoms with Gasteiger partial charge in [0.1, 0.15) is 6.54 Å².